The first kappa shape index (κ1) is 6.07. The second-order valence-electron chi connectivity index (χ2n) is 1.61. The fourth-order valence-electron chi connectivity index (χ4n) is 0.482. The Morgan fingerprint density at radius 3 is 2.78 bits per heavy atom. The van der Waals surface area contributed by atoms with Gasteiger partial charge in [0.15, 0.2) is 6.10 Å². The highest BCUT2D eigenvalue weighted by Crippen LogP contribution is 2.13. The lowest BCUT2D eigenvalue weighted by Gasteiger charge is -1.98. The number of ether oxygens (including phenoxy) is 2. The van der Waals surface area contributed by atoms with E-state index in [0.717, 1.165) is 0 Å². The zero-order valence-corrected chi connectivity index (χ0v) is 4.59. The summed E-state index contributed by atoms with van der Waals surface area (Å²) < 4.78 is 20.6. The number of hydrogen-bond acceptors (Lipinski definition) is 3. The lowest BCUT2D eigenvalue weighted by atomic mass is 10.4. The molecule has 0 aromatic rings. The van der Waals surface area contributed by atoms with Gasteiger partial charge in [0.25, 0.3) is 0 Å². The van der Waals surface area contributed by atoms with Crippen molar-refractivity contribution in [3.63, 3.8) is 0 Å². The Hall–Kier alpha value is -1.06. The topological polar surface area (TPSA) is 35.5 Å². The van der Waals surface area contributed by atoms with Crippen molar-refractivity contribution in [2.24, 2.45) is 0 Å². The van der Waals surface area contributed by atoms with E-state index in [1.165, 1.54) is 0 Å². The summed E-state index contributed by atoms with van der Waals surface area (Å²) in [7, 11) is 0. The molecule has 1 rings (SSSR count). The second-order valence-corrected chi connectivity index (χ2v) is 1.61. The Morgan fingerprint density at radius 2 is 2.56 bits per heavy atom. The van der Waals surface area contributed by atoms with E-state index in [4.69, 9.17) is 0 Å². The molecule has 0 saturated carbocycles. The van der Waals surface area contributed by atoms with Gasteiger partial charge in [-0.15, -0.1) is 0 Å². The van der Waals surface area contributed by atoms with Crippen LogP contribution in [0.15, 0.2) is 12.4 Å². The molecule has 1 fully saturated rings. The Kier molecular flexibility index (Phi) is 1.38. The van der Waals surface area contributed by atoms with Gasteiger partial charge in [0, 0.05) is 0 Å². The average Bonchev–Trinajstić information content (AvgIpc) is 2.14. The molecular formula is C5H5FO3. The summed E-state index contributed by atoms with van der Waals surface area (Å²) in [6.45, 7) is 2.89. The first-order valence-electron chi connectivity index (χ1n) is 2.38. The van der Waals surface area contributed by atoms with Crippen molar-refractivity contribution >= 4 is 6.16 Å². The fraction of sp³-hybridized carbons (Fsp3) is 0.400. The Bertz CT molecular complexity index is 154. The van der Waals surface area contributed by atoms with Gasteiger partial charge < -0.3 is 9.47 Å². The molecule has 1 unspecified atom stereocenters. The maximum absolute atomic E-state index is 12.0. The number of carbonyl (C=O) groups is 1. The van der Waals surface area contributed by atoms with Crippen molar-refractivity contribution in [3.8, 4) is 0 Å². The molecule has 3 nitrogen and oxygen atoms in total. The number of carbonyl (C=O) groups excluding carboxylic acids is 1. The summed E-state index contributed by atoms with van der Waals surface area (Å²) in [5.74, 6) is -0.680. The minimum Gasteiger partial charge on any atom is -0.430 e. The van der Waals surface area contributed by atoms with Gasteiger partial charge in [-0.3, -0.25) is 0 Å². The van der Waals surface area contributed by atoms with Crippen LogP contribution in [-0.4, -0.2) is 18.9 Å². The summed E-state index contributed by atoms with van der Waals surface area (Å²) in [5.41, 5.74) is 0. The maximum Gasteiger partial charge on any atom is 0.509 e. The Morgan fingerprint density at radius 1 is 1.89 bits per heavy atom. The van der Waals surface area contributed by atoms with Gasteiger partial charge in [0.1, 0.15) is 12.4 Å². The molecule has 0 aliphatic carbocycles. The van der Waals surface area contributed by atoms with Gasteiger partial charge in [-0.1, -0.05) is 6.58 Å². The zero-order chi connectivity index (χ0) is 6.85. The molecular weight excluding hydrogens is 127 g/mol. The summed E-state index contributed by atoms with van der Waals surface area (Å²) in [6.07, 6.45) is -1.73. The maximum atomic E-state index is 12.0. The number of rotatable bonds is 1. The van der Waals surface area contributed by atoms with Crippen LogP contribution in [0.2, 0.25) is 0 Å². The predicted molar refractivity (Wildman–Crippen MR) is 26.5 cm³/mol. The highest BCUT2D eigenvalue weighted by Gasteiger charge is 2.27. The molecule has 0 aromatic heterocycles. The smallest absolute Gasteiger partial charge is 0.430 e. The van der Waals surface area contributed by atoms with Crippen molar-refractivity contribution in [2.45, 2.75) is 6.10 Å². The third-order valence-electron chi connectivity index (χ3n) is 0.940. The van der Waals surface area contributed by atoms with Gasteiger partial charge >= 0.3 is 6.16 Å². The normalized spacial score (nSPS) is 25.0. The van der Waals surface area contributed by atoms with Gasteiger partial charge in [-0.25, -0.2) is 9.18 Å². The standard InChI is InChI=1S/C5H5FO3/c1-3(6)4-2-8-5(7)9-4/h4H,1-2H2. The minimum atomic E-state index is -0.891. The first-order valence-corrected chi connectivity index (χ1v) is 2.38. The molecule has 1 heterocycles. The van der Waals surface area contributed by atoms with Gasteiger partial charge in [0.05, 0.1) is 0 Å². The lowest BCUT2D eigenvalue weighted by Crippen LogP contribution is -2.08. The van der Waals surface area contributed by atoms with Gasteiger partial charge in [-0.05, 0) is 0 Å². The fourth-order valence-corrected chi connectivity index (χ4v) is 0.482. The number of hydrogen-bond donors (Lipinski definition) is 0. The molecule has 0 aromatic carbocycles. The molecule has 0 radical (unpaired) electrons. The molecule has 0 bridgehead atoms. The highest BCUT2D eigenvalue weighted by atomic mass is 19.1. The third kappa shape index (κ3) is 1.19. The van der Waals surface area contributed by atoms with Crippen LogP contribution in [-0.2, 0) is 9.47 Å². The van der Waals surface area contributed by atoms with Crippen molar-refractivity contribution in [2.75, 3.05) is 6.61 Å². The van der Waals surface area contributed by atoms with Crippen LogP contribution in [0.25, 0.3) is 0 Å². The molecule has 4 heteroatoms. The summed E-state index contributed by atoms with van der Waals surface area (Å²) >= 11 is 0. The third-order valence-corrected chi connectivity index (χ3v) is 0.940. The summed E-state index contributed by atoms with van der Waals surface area (Å²) in [6, 6.07) is 0. The van der Waals surface area contributed by atoms with Crippen LogP contribution in [0.5, 0.6) is 0 Å². The van der Waals surface area contributed by atoms with E-state index >= 15 is 0 Å². The van der Waals surface area contributed by atoms with Crippen LogP contribution in [0.3, 0.4) is 0 Å². The molecule has 50 valence electrons. The van der Waals surface area contributed by atoms with Crippen LogP contribution in [0.4, 0.5) is 9.18 Å². The SMILES string of the molecule is C=C(F)C1COC(=O)O1. The summed E-state index contributed by atoms with van der Waals surface area (Å²) in [5, 5.41) is 0. The molecule has 9 heavy (non-hydrogen) atoms. The number of cyclic esters (lactones) is 2. The Balaban J connectivity index is 2.48. The largest absolute Gasteiger partial charge is 0.509 e. The van der Waals surface area contributed by atoms with Crippen molar-refractivity contribution < 1.29 is 18.7 Å². The molecule has 1 atom stereocenters. The van der Waals surface area contributed by atoms with Crippen molar-refractivity contribution in [1.82, 2.24) is 0 Å². The van der Waals surface area contributed by atoms with E-state index in [-0.39, 0.29) is 6.61 Å². The van der Waals surface area contributed by atoms with E-state index in [1.807, 2.05) is 0 Å². The second kappa shape index (κ2) is 2.05. The molecule has 1 aliphatic rings. The van der Waals surface area contributed by atoms with Crippen LogP contribution >= 0.6 is 0 Å². The number of halogens is 1. The molecule has 0 spiro atoms. The first-order chi connectivity index (χ1) is 4.20. The lowest BCUT2D eigenvalue weighted by molar-refractivity contribution is 0.120. The van der Waals surface area contributed by atoms with E-state index < -0.39 is 18.1 Å². The van der Waals surface area contributed by atoms with E-state index in [2.05, 4.69) is 16.1 Å². The highest BCUT2D eigenvalue weighted by molar-refractivity contribution is 5.62. The van der Waals surface area contributed by atoms with E-state index in [1.54, 1.807) is 0 Å². The van der Waals surface area contributed by atoms with Crippen molar-refractivity contribution in [1.29, 1.82) is 0 Å². The molecule has 0 amide bonds. The minimum absolute atomic E-state index is 0.0613. The molecule has 1 saturated heterocycles. The van der Waals surface area contributed by atoms with Crippen LogP contribution in [0.1, 0.15) is 0 Å². The quantitative estimate of drug-likeness (QED) is 0.499. The van der Waals surface area contributed by atoms with E-state index in [9.17, 15) is 9.18 Å². The van der Waals surface area contributed by atoms with Gasteiger partial charge in [0.2, 0.25) is 0 Å². The predicted octanol–water partition coefficient (Wildman–Crippen LogP) is 1.00. The summed E-state index contributed by atoms with van der Waals surface area (Å²) in [4.78, 5) is 10.1. The van der Waals surface area contributed by atoms with Crippen LogP contribution < -0.4 is 0 Å². The monoisotopic (exact) mass is 132 g/mol. The van der Waals surface area contributed by atoms with Gasteiger partial charge in [-0.2, -0.15) is 0 Å². The van der Waals surface area contributed by atoms with Crippen LogP contribution in [0, 0.1) is 0 Å². The molecule has 0 N–H and O–H groups in total. The zero-order valence-electron chi connectivity index (χ0n) is 4.59. The van der Waals surface area contributed by atoms with Crippen molar-refractivity contribution in [3.05, 3.63) is 12.4 Å². The molecule has 1 aliphatic heterocycles. The average molecular weight is 132 g/mol. The Labute approximate surface area is 51.1 Å². The van der Waals surface area contributed by atoms with E-state index in [0.29, 0.717) is 0 Å².